The second-order valence-electron chi connectivity index (χ2n) is 21.7. The van der Waals surface area contributed by atoms with Crippen molar-refractivity contribution in [2.24, 2.45) is 0 Å². The summed E-state index contributed by atoms with van der Waals surface area (Å²) in [5, 5.41) is 13.9. The Kier molecular flexibility index (Phi) is 50.7. The van der Waals surface area contributed by atoms with Crippen molar-refractivity contribution in [2.75, 3.05) is 40.9 Å². The van der Waals surface area contributed by atoms with Crippen LogP contribution in [-0.4, -0.2) is 68.5 Å². The molecule has 0 bridgehead atoms. The van der Waals surface area contributed by atoms with E-state index >= 15 is 0 Å². The summed E-state index contributed by atoms with van der Waals surface area (Å²) in [6.45, 7) is 4.67. The summed E-state index contributed by atoms with van der Waals surface area (Å²) in [4.78, 5) is 25.5. The Balaban J connectivity index is 4.23. The molecule has 3 unspecified atom stereocenters. The molecule has 0 aromatic rings. The van der Waals surface area contributed by atoms with E-state index in [4.69, 9.17) is 9.05 Å². The van der Waals surface area contributed by atoms with Gasteiger partial charge in [-0.15, -0.1) is 0 Å². The van der Waals surface area contributed by atoms with Crippen LogP contribution in [-0.2, 0) is 18.4 Å². The molecule has 0 aliphatic heterocycles. The van der Waals surface area contributed by atoms with E-state index in [0.29, 0.717) is 17.4 Å². The maximum atomic E-state index is 13.0. The fraction of sp³-hybridized carbons (Fsp3) is 0.883. The first-order valence-corrected chi connectivity index (χ1v) is 31.3. The van der Waals surface area contributed by atoms with Crippen molar-refractivity contribution >= 4 is 13.7 Å². The number of nitrogens with zero attached hydrogens (tertiary/aromatic N) is 1. The number of hydrogen-bond acceptors (Lipinski definition) is 6. The predicted octanol–water partition coefficient (Wildman–Crippen LogP) is 17.5. The van der Waals surface area contributed by atoms with Crippen LogP contribution >= 0.6 is 7.82 Å². The molecule has 0 aliphatic carbocycles. The van der Waals surface area contributed by atoms with Gasteiger partial charge in [-0.3, -0.25) is 9.36 Å². The SMILES string of the molecule is CCCCCCCCCC/C=C\CCCCCCCCCCCCCC(=O)NC(COP(=O)([O-])OCC[N+](C)(C)C)C(O)/C=C/CC/C=C/CCCCCCCCCCCCCCCCCCCC. The molecule has 0 heterocycles. The fourth-order valence-corrected chi connectivity index (χ4v) is 9.60. The molecule has 0 spiro atoms. The summed E-state index contributed by atoms with van der Waals surface area (Å²) in [6.07, 6.45) is 66.6. The number of hydrogen-bond donors (Lipinski definition) is 2. The Morgan fingerprint density at radius 1 is 0.493 bits per heavy atom. The van der Waals surface area contributed by atoms with E-state index in [1.807, 2.05) is 27.2 Å². The van der Waals surface area contributed by atoms with Gasteiger partial charge in [-0.1, -0.05) is 262 Å². The van der Waals surface area contributed by atoms with Gasteiger partial charge in [0.15, 0.2) is 0 Å². The number of aliphatic hydroxyl groups is 1. The predicted molar refractivity (Wildman–Crippen MR) is 298 cm³/mol. The molecule has 0 radical (unpaired) electrons. The zero-order chi connectivity index (χ0) is 50.6. The van der Waals surface area contributed by atoms with E-state index in [0.717, 1.165) is 38.5 Å². The van der Waals surface area contributed by atoms with E-state index in [1.165, 1.54) is 231 Å². The van der Waals surface area contributed by atoms with Crippen LogP contribution in [0.1, 0.15) is 290 Å². The lowest BCUT2D eigenvalue weighted by Crippen LogP contribution is -2.45. The summed E-state index contributed by atoms with van der Waals surface area (Å²) in [5.41, 5.74) is 0. The van der Waals surface area contributed by atoms with Crippen LogP contribution in [0, 0.1) is 0 Å². The zero-order valence-corrected chi connectivity index (χ0v) is 47.4. The normalized spacial score (nSPS) is 14.1. The van der Waals surface area contributed by atoms with E-state index in [9.17, 15) is 19.4 Å². The lowest BCUT2D eigenvalue weighted by atomic mass is 10.0. The van der Waals surface area contributed by atoms with Crippen LogP contribution in [0.25, 0.3) is 0 Å². The smallest absolute Gasteiger partial charge is 0.268 e. The molecule has 9 heteroatoms. The molecule has 1 amide bonds. The van der Waals surface area contributed by atoms with Crippen molar-refractivity contribution in [1.29, 1.82) is 0 Å². The first-order chi connectivity index (χ1) is 33.5. The van der Waals surface area contributed by atoms with Gasteiger partial charge in [0.05, 0.1) is 39.9 Å². The molecule has 0 aliphatic rings. The highest BCUT2D eigenvalue weighted by Gasteiger charge is 2.23. The van der Waals surface area contributed by atoms with Gasteiger partial charge >= 0.3 is 0 Å². The molecule has 0 saturated carbocycles. The van der Waals surface area contributed by atoms with Crippen LogP contribution < -0.4 is 10.2 Å². The van der Waals surface area contributed by atoms with Gasteiger partial charge < -0.3 is 28.8 Å². The van der Waals surface area contributed by atoms with Gasteiger partial charge in [-0.2, -0.15) is 0 Å². The second-order valence-corrected chi connectivity index (χ2v) is 23.1. The monoisotopic (exact) mass is 993 g/mol. The quantitative estimate of drug-likeness (QED) is 0.0272. The van der Waals surface area contributed by atoms with Crippen LogP contribution in [0.4, 0.5) is 0 Å². The molecular formula is C60H117N2O6P. The molecule has 0 fully saturated rings. The van der Waals surface area contributed by atoms with E-state index < -0.39 is 26.6 Å². The van der Waals surface area contributed by atoms with Gasteiger partial charge in [0.1, 0.15) is 13.2 Å². The second kappa shape index (κ2) is 51.6. The number of aliphatic hydroxyl groups excluding tert-OH is 1. The lowest BCUT2D eigenvalue weighted by molar-refractivity contribution is -0.870. The number of carbonyl (C=O) groups excluding carboxylic acids is 1. The molecule has 0 rings (SSSR count). The third kappa shape index (κ3) is 54.3. The Labute approximate surface area is 429 Å². The van der Waals surface area contributed by atoms with Crippen LogP contribution in [0.2, 0.25) is 0 Å². The standard InChI is InChI=1S/C60H117N2O6P/c1-6-8-10-12-14-16-18-20-22-24-26-28-30-32-33-35-37-39-41-43-45-47-49-51-53-59(63)58(57-68-69(65,66)67-56-55-62(3,4)5)61-60(64)54-52-50-48-46-44-42-40-38-36-34-31-29-27-25-23-21-19-17-15-13-11-9-7-2/h25,27,43,45,51,53,58-59,63H,6-24,26,28-42,44,46-50,52,54-57H2,1-5H3,(H-,61,64,65,66)/b27-25-,45-43+,53-51+. The van der Waals surface area contributed by atoms with Gasteiger partial charge in [0, 0.05) is 6.42 Å². The van der Waals surface area contributed by atoms with Crippen molar-refractivity contribution in [3.63, 3.8) is 0 Å². The summed E-state index contributed by atoms with van der Waals surface area (Å²) in [5.74, 6) is -0.204. The number of phosphoric ester groups is 1. The number of allylic oxidation sites excluding steroid dienone is 5. The first-order valence-electron chi connectivity index (χ1n) is 29.9. The fourth-order valence-electron chi connectivity index (χ4n) is 8.87. The Morgan fingerprint density at radius 3 is 1.17 bits per heavy atom. The van der Waals surface area contributed by atoms with Gasteiger partial charge in [0.2, 0.25) is 5.91 Å². The minimum absolute atomic E-state index is 0.00560. The highest BCUT2D eigenvalue weighted by Crippen LogP contribution is 2.38. The maximum absolute atomic E-state index is 13.0. The third-order valence-electron chi connectivity index (χ3n) is 13.6. The number of likely N-dealkylation sites (N-methyl/N-ethyl adjacent to an activating group) is 1. The summed E-state index contributed by atoms with van der Waals surface area (Å²) < 4.78 is 23.4. The summed E-state index contributed by atoms with van der Waals surface area (Å²) >= 11 is 0. The van der Waals surface area contributed by atoms with Gasteiger partial charge in [0.25, 0.3) is 7.82 Å². The van der Waals surface area contributed by atoms with Crippen molar-refractivity contribution < 1.29 is 32.9 Å². The van der Waals surface area contributed by atoms with Crippen molar-refractivity contribution in [3.8, 4) is 0 Å². The molecule has 69 heavy (non-hydrogen) atoms. The highest BCUT2D eigenvalue weighted by atomic mass is 31.2. The Hall–Kier alpha value is -1.28. The molecule has 0 aromatic heterocycles. The number of quaternary nitrogens is 1. The highest BCUT2D eigenvalue weighted by molar-refractivity contribution is 7.45. The first kappa shape index (κ1) is 67.7. The molecule has 2 N–H and O–H groups in total. The van der Waals surface area contributed by atoms with E-state index in [2.05, 4.69) is 43.5 Å². The third-order valence-corrected chi connectivity index (χ3v) is 14.5. The number of phosphoric acid groups is 1. The largest absolute Gasteiger partial charge is 0.756 e. The number of amides is 1. The topological polar surface area (TPSA) is 108 Å². The zero-order valence-electron chi connectivity index (χ0n) is 46.5. The minimum atomic E-state index is -4.61. The molecule has 3 atom stereocenters. The number of nitrogens with one attached hydrogen (secondary N) is 1. The van der Waals surface area contributed by atoms with Crippen molar-refractivity contribution in [2.45, 2.75) is 302 Å². The number of rotatable bonds is 55. The minimum Gasteiger partial charge on any atom is -0.756 e. The van der Waals surface area contributed by atoms with Crippen LogP contribution in [0.3, 0.4) is 0 Å². The lowest BCUT2D eigenvalue weighted by Gasteiger charge is -2.29. The number of carbonyl (C=O) groups is 1. The van der Waals surface area contributed by atoms with Gasteiger partial charge in [-0.05, 0) is 57.8 Å². The summed E-state index contributed by atoms with van der Waals surface area (Å²) in [6, 6.07) is -0.904. The number of unbranched alkanes of at least 4 members (excludes halogenated alkanes) is 38. The average molecular weight is 994 g/mol. The molecule has 408 valence electrons. The van der Waals surface area contributed by atoms with Crippen molar-refractivity contribution in [1.82, 2.24) is 5.32 Å². The summed E-state index contributed by atoms with van der Waals surface area (Å²) in [7, 11) is 1.25. The molecule has 8 nitrogen and oxygen atoms in total. The van der Waals surface area contributed by atoms with E-state index in [-0.39, 0.29) is 12.5 Å². The molecular weight excluding hydrogens is 876 g/mol. The van der Waals surface area contributed by atoms with Crippen LogP contribution in [0.15, 0.2) is 36.5 Å². The maximum Gasteiger partial charge on any atom is 0.268 e. The van der Waals surface area contributed by atoms with Crippen LogP contribution in [0.5, 0.6) is 0 Å². The van der Waals surface area contributed by atoms with Crippen molar-refractivity contribution in [3.05, 3.63) is 36.5 Å². The Morgan fingerprint density at radius 2 is 0.812 bits per heavy atom. The van der Waals surface area contributed by atoms with Gasteiger partial charge in [-0.25, -0.2) is 0 Å². The molecule has 0 aromatic carbocycles. The molecule has 0 saturated heterocycles. The Bertz CT molecular complexity index is 1220. The average Bonchev–Trinajstić information content (AvgIpc) is 3.31. The van der Waals surface area contributed by atoms with E-state index in [1.54, 1.807) is 6.08 Å².